The first kappa shape index (κ1) is 18.6. The van der Waals surface area contributed by atoms with E-state index in [0.29, 0.717) is 33.0 Å². The van der Waals surface area contributed by atoms with Gasteiger partial charge in [0, 0.05) is 31.2 Å². The van der Waals surface area contributed by atoms with Gasteiger partial charge in [-0.2, -0.15) is 0 Å². The molecule has 1 amide bonds. The lowest BCUT2D eigenvalue weighted by atomic mass is 9.74. The van der Waals surface area contributed by atoms with Crippen LogP contribution in [0.2, 0.25) is 0 Å². The Hall–Kier alpha value is -2.79. The van der Waals surface area contributed by atoms with Crippen molar-refractivity contribution in [3.8, 4) is 11.5 Å². The number of ether oxygens (including phenoxy) is 3. The summed E-state index contributed by atoms with van der Waals surface area (Å²) < 4.78 is 17.0. The highest BCUT2D eigenvalue weighted by atomic mass is 16.6. The zero-order valence-corrected chi connectivity index (χ0v) is 15.9. The van der Waals surface area contributed by atoms with Crippen LogP contribution in [0.15, 0.2) is 54.6 Å². The van der Waals surface area contributed by atoms with Gasteiger partial charge in [-0.1, -0.05) is 36.4 Å². The zero-order chi connectivity index (χ0) is 19.2. The Kier molecular flexibility index (Phi) is 5.63. The van der Waals surface area contributed by atoms with Crippen molar-refractivity contribution in [2.75, 3.05) is 33.0 Å². The highest BCUT2D eigenvalue weighted by molar-refractivity contribution is 5.91. The maximum absolute atomic E-state index is 12.4. The van der Waals surface area contributed by atoms with Crippen molar-refractivity contribution in [1.29, 1.82) is 0 Å². The molecule has 0 aliphatic carbocycles. The minimum absolute atomic E-state index is 0.0905. The summed E-state index contributed by atoms with van der Waals surface area (Å²) in [4.78, 5) is 12.4. The highest BCUT2D eigenvalue weighted by Crippen LogP contribution is 2.39. The lowest BCUT2D eigenvalue weighted by Gasteiger charge is -2.38. The Balaban J connectivity index is 1.48. The number of hydrogen-bond donors (Lipinski definition) is 1. The number of benzene rings is 2. The summed E-state index contributed by atoms with van der Waals surface area (Å²) in [7, 11) is 0. The predicted molar refractivity (Wildman–Crippen MR) is 108 cm³/mol. The van der Waals surface area contributed by atoms with E-state index in [-0.39, 0.29) is 11.3 Å². The summed E-state index contributed by atoms with van der Waals surface area (Å²) in [5.41, 5.74) is 2.00. The molecule has 0 spiro atoms. The molecule has 146 valence electrons. The molecule has 2 aliphatic rings. The molecule has 2 aromatic carbocycles. The second kappa shape index (κ2) is 8.48. The zero-order valence-electron chi connectivity index (χ0n) is 15.9. The second-order valence-electron chi connectivity index (χ2n) is 7.21. The summed E-state index contributed by atoms with van der Waals surface area (Å²) in [6.45, 7) is 3.07. The van der Waals surface area contributed by atoms with E-state index in [0.717, 1.165) is 35.5 Å². The van der Waals surface area contributed by atoms with Crippen molar-refractivity contribution >= 4 is 12.0 Å². The van der Waals surface area contributed by atoms with Crippen LogP contribution in [0.25, 0.3) is 6.08 Å². The lowest BCUT2D eigenvalue weighted by Crippen LogP contribution is -2.44. The fraction of sp³-hybridized carbons (Fsp3) is 0.348. The molecule has 2 aromatic rings. The first-order valence-electron chi connectivity index (χ1n) is 9.74. The van der Waals surface area contributed by atoms with Crippen LogP contribution in [0, 0.1) is 0 Å². The largest absolute Gasteiger partial charge is 0.486 e. The Morgan fingerprint density at radius 3 is 2.50 bits per heavy atom. The molecule has 0 atom stereocenters. The van der Waals surface area contributed by atoms with Crippen molar-refractivity contribution in [3.63, 3.8) is 0 Å². The van der Waals surface area contributed by atoms with Gasteiger partial charge in [0.15, 0.2) is 11.5 Å². The molecular formula is C23H25NO4. The third kappa shape index (κ3) is 4.20. The molecule has 0 radical (unpaired) electrons. The van der Waals surface area contributed by atoms with Gasteiger partial charge in [0.2, 0.25) is 5.91 Å². The number of hydrogen-bond acceptors (Lipinski definition) is 4. The molecule has 5 nitrogen and oxygen atoms in total. The highest BCUT2D eigenvalue weighted by Gasteiger charge is 2.35. The number of amides is 1. The van der Waals surface area contributed by atoms with Crippen molar-refractivity contribution < 1.29 is 19.0 Å². The van der Waals surface area contributed by atoms with Gasteiger partial charge in [-0.3, -0.25) is 4.79 Å². The van der Waals surface area contributed by atoms with Gasteiger partial charge >= 0.3 is 0 Å². The summed E-state index contributed by atoms with van der Waals surface area (Å²) in [6, 6.07) is 15.9. The summed E-state index contributed by atoms with van der Waals surface area (Å²) in [6.07, 6.45) is 5.13. The maximum atomic E-state index is 12.4. The van der Waals surface area contributed by atoms with Gasteiger partial charge in [-0.25, -0.2) is 0 Å². The molecule has 28 heavy (non-hydrogen) atoms. The van der Waals surface area contributed by atoms with Gasteiger partial charge in [0.25, 0.3) is 0 Å². The topological polar surface area (TPSA) is 56.8 Å². The fourth-order valence-electron chi connectivity index (χ4n) is 3.75. The van der Waals surface area contributed by atoms with Crippen molar-refractivity contribution in [1.82, 2.24) is 5.32 Å². The fourth-order valence-corrected chi connectivity index (χ4v) is 3.75. The van der Waals surface area contributed by atoms with Crippen LogP contribution in [0.3, 0.4) is 0 Å². The average molecular weight is 379 g/mol. The van der Waals surface area contributed by atoms with E-state index in [1.807, 2.05) is 42.5 Å². The molecule has 2 aliphatic heterocycles. The normalized spacial score (nSPS) is 18.0. The Morgan fingerprint density at radius 1 is 0.964 bits per heavy atom. The Bertz CT molecular complexity index is 841. The third-order valence-electron chi connectivity index (χ3n) is 5.43. The van der Waals surface area contributed by atoms with E-state index in [1.165, 1.54) is 0 Å². The van der Waals surface area contributed by atoms with Gasteiger partial charge < -0.3 is 19.5 Å². The standard InChI is InChI=1S/C23H25NO4/c25-22(9-6-18-4-2-1-3-5-18)24-17-23(10-12-26-13-11-23)19-7-8-20-21(16-19)28-15-14-27-20/h1-9,16H,10-15,17H2,(H,24,25). The smallest absolute Gasteiger partial charge is 0.244 e. The van der Waals surface area contributed by atoms with E-state index in [4.69, 9.17) is 14.2 Å². The lowest BCUT2D eigenvalue weighted by molar-refractivity contribution is -0.116. The summed E-state index contributed by atoms with van der Waals surface area (Å²) in [5.74, 6) is 1.48. The minimum atomic E-state index is -0.162. The van der Waals surface area contributed by atoms with Crippen molar-refractivity contribution in [2.45, 2.75) is 18.3 Å². The molecule has 5 heteroatoms. The predicted octanol–water partition coefficient (Wildman–Crippen LogP) is 3.34. The van der Waals surface area contributed by atoms with Gasteiger partial charge in [0.05, 0.1) is 0 Å². The second-order valence-corrected chi connectivity index (χ2v) is 7.21. The first-order chi connectivity index (χ1) is 13.8. The molecule has 0 saturated carbocycles. The van der Waals surface area contributed by atoms with Crippen LogP contribution in [0.5, 0.6) is 11.5 Å². The number of nitrogens with one attached hydrogen (secondary N) is 1. The number of fused-ring (bicyclic) bond motifs is 1. The number of carbonyl (C=O) groups excluding carboxylic acids is 1. The first-order valence-corrected chi connectivity index (χ1v) is 9.74. The molecule has 2 heterocycles. The molecule has 0 bridgehead atoms. The third-order valence-corrected chi connectivity index (χ3v) is 5.43. The van der Waals surface area contributed by atoms with Gasteiger partial charge in [-0.05, 0) is 42.2 Å². The monoisotopic (exact) mass is 379 g/mol. The SMILES string of the molecule is O=C(C=Cc1ccccc1)NCC1(c2ccc3c(c2)OCCO3)CCOCC1. The van der Waals surface area contributed by atoms with E-state index < -0.39 is 0 Å². The molecule has 0 aromatic heterocycles. The van der Waals surface area contributed by atoms with E-state index in [2.05, 4.69) is 17.4 Å². The minimum Gasteiger partial charge on any atom is -0.486 e. The average Bonchev–Trinajstić information content (AvgIpc) is 2.77. The number of carbonyl (C=O) groups is 1. The molecule has 1 N–H and O–H groups in total. The molecular weight excluding hydrogens is 354 g/mol. The van der Waals surface area contributed by atoms with E-state index in [1.54, 1.807) is 6.08 Å². The molecule has 1 saturated heterocycles. The van der Waals surface area contributed by atoms with Crippen molar-refractivity contribution in [3.05, 3.63) is 65.7 Å². The van der Waals surface area contributed by atoms with Crippen LogP contribution >= 0.6 is 0 Å². The Morgan fingerprint density at radius 2 is 1.71 bits per heavy atom. The van der Waals surface area contributed by atoms with Crippen molar-refractivity contribution in [2.24, 2.45) is 0 Å². The van der Waals surface area contributed by atoms with Crippen LogP contribution in [0.1, 0.15) is 24.0 Å². The van der Waals surface area contributed by atoms with Gasteiger partial charge in [0.1, 0.15) is 13.2 Å². The van der Waals surface area contributed by atoms with Crippen LogP contribution in [0.4, 0.5) is 0 Å². The molecule has 1 fully saturated rings. The number of rotatable bonds is 5. The maximum Gasteiger partial charge on any atom is 0.244 e. The van der Waals surface area contributed by atoms with Crippen LogP contribution in [-0.2, 0) is 14.9 Å². The Labute approximate surface area is 165 Å². The van der Waals surface area contributed by atoms with E-state index in [9.17, 15) is 4.79 Å². The van der Waals surface area contributed by atoms with E-state index >= 15 is 0 Å². The van der Waals surface area contributed by atoms with Crippen LogP contribution in [-0.4, -0.2) is 38.9 Å². The van der Waals surface area contributed by atoms with Crippen LogP contribution < -0.4 is 14.8 Å². The molecule has 0 unspecified atom stereocenters. The molecule has 4 rings (SSSR count). The quantitative estimate of drug-likeness (QED) is 0.810. The van der Waals surface area contributed by atoms with Gasteiger partial charge in [-0.15, -0.1) is 0 Å². The summed E-state index contributed by atoms with van der Waals surface area (Å²) in [5, 5.41) is 3.09. The summed E-state index contributed by atoms with van der Waals surface area (Å²) >= 11 is 0.